The summed E-state index contributed by atoms with van der Waals surface area (Å²) in [5, 5.41) is 7.54. The number of carbonyl (C=O) groups is 1. The summed E-state index contributed by atoms with van der Waals surface area (Å²) in [5.74, 6) is 2.12. The molecule has 7 heteroatoms. The SMILES string of the molecule is COc1ccc(-n2ncc([C@@H](C)NC(=O)Cc3ccc4c(c3)OCO4)c2C)cc1. The van der Waals surface area contributed by atoms with Crippen molar-refractivity contribution in [3.63, 3.8) is 0 Å². The van der Waals surface area contributed by atoms with E-state index in [1.54, 1.807) is 13.3 Å². The minimum atomic E-state index is -0.163. The topological polar surface area (TPSA) is 74.6 Å². The maximum atomic E-state index is 12.5. The van der Waals surface area contributed by atoms with Crippen LogP contribution in [0.1, 0.15) is 29.8 Å². The second-order valence-electron chi connectivity index (χ2n) is 6.95. The first-order chi connectivity index (χ1) is 14.0. The normalized spacial score (nSPS) is 13.2. The van der Waals surface area contributed by atoms with Crippen molar-refractivity contribution in [2.75, 3.05) is 13.9 Å². The fraction of sp³-hybridized carbons (Fsp3) is 0.273. The number of methoxy groups -OCH3 is 1. The zero-order valence-corrected chi connectivity index (χ0v) is 16.6. The highest BCUT2D eigenvalue weighted by atomic mass is 16.7. The molecule has 1 aliphatic rings. The van der Waals surface area contributed by atoms with Gasteiger partial charge in [0.2, 0.25) is 12.7 Å². The van der Waals surface area contributed by atoms with Crippen LogP contribution in [0.5, 0.6) is 17.2 Å². The van der Waals surface area contributed by atoms with Crippen LogP contribution in [0.3, 0.4) is 0 Å². The molecule has 0 fully saturated rings. The molecule has 0 radical (unpaired) electrons. The van der Waals surface area contributed by atoms with Crippen LogP contribution in [0.4, 0.5) is 0 Å². The Kier molecular flexibility index (Phi) is 5.12. The lowest BCUT2D eigenvalue weighted by Crippen LogP contribution is -2.28. The summed E-state index contributed by atoms with van der Waals surface area (Å²) < 4.78 is 17.7. The monoisotopic (exact) mass is 393 g/mol. The molecule has 1 aliphatic heterocycles. The van der Waals surface area contributed by atoms with E-state index in [1.807, 2.05) is 61.0 Å². The number of hydrogen-bond acceptors (Lipinski definition) is 5. The van der Waals surface area contributed by atoms with E-state index >= 15 is 0 Å². The highest BCUT2D eigenvalue weighted by Crippen LogP contribution is 2.32. The lowest BCUT2D eigenvalue weighted by atomic mass is 10.1. The molecule has 3 aromatic rings. The van der Waals surface area contributed by atoms with E-state index in [0.717, 1.165) is 28.3 Å². The first-order valence-corrected chi connectivity index (χ1v) is 9.42. The van der Waals surface area contributed by atoms with E-state index in [0.29, 0.717) is 11.5 Å². The highest BCUT2D eigenvalue weighted by Gasteiger charge is 2.18. The first kappa shape index (κ1) is 18.9. The Morgan fingerprint density at radius 2 is 1.97 bits per heavy atom. The molecule has 1 aromatic heterocycles. The van der Waals surface area contributed by atoms with E-state index < -0.39 is 0 Å². The van der Waals surface area contributed by atoms with Crippen LogP contribution in [0, 0.1) is 6.92 Å². The summed E-state index contributed by atoms with van der Waals surface area (Å²) in [6.45, 7) is 4.17. The van der Waals surface area contributed by atoms with Crippen molar-refractivity contribution < 1.29 is 19.0 Å². The summed E-state index contributed by atoms with van der Waals surface area (Å²) in [7, 11) is 1.64. The molecular formula is C22H23N3O4. The lowest BCUT2D eigenvalue weighted by Gasteiger charge is -2.14. The number of hydrogen-bond donors (Lipinski definition) is 1. The number of ether oxygens (including phenoxy) is 3. The minimum Gasteiger partial charge on any atom is -0.497 e. The number of benzene rings is 2. The van der Waals surface area contributed by atoms with Crippen molar-refractivity contribution in [3.05, 3.63) is 65.5 Å². The van der Waals surface area contributed by atoms with Gasteiger partial charge in [-0.25, -0.2) is 4.68 Å². The summed E-state index contributed by atoms with van der Waals surface area (Å²) in [6, 6.07) is 13.1. The molecule has 0 aliphatic carbocycles. The number of nitrogens with one attached hydrogen (secondary N) is 1. The van der Waals surface area contributed by atoms with Crippen molar-refractivity contribution in [1.82, 2.24) is 15.1 Å². The van der Waals surface area contributed by atoms with Crippen molar-refractivity contribution in [3.8, 4) is 22.9 Å². The van der Waals surface area contributed by atoms with Gasteiger partial charge in [-0.1, -0.05) is 6.07 Å². The summed E-state index contributed by atoms with van der Waals surface area (Å²) in [6.07, 6.45) is 2.07. The number of amides is 1. The van der Waals surface area contributed by atoms with E-state index in [4.69, 9.17) is 14.2 Å². The van der Waals surface area contributed by atoms with Gasteiger partial charge in [0.05, 0.1) is 31.5 Å². The fourth-order valence-electron chi connectivity index (χ4n) is 3.44. The molecule has 1 N–H and O–H groups in total. The third kappa shape index (κ3) is 3.89. The average Bonchev–Trinajstić information content (AvgIpc) is 3.34. The standard InChI is InChI=1S/C22H23N3O4/c1-14(24-22(26)11-16-4-9-20-21(10-16)29-13-28-20)19-12-23-25(15(19)2)17-5-7-18(27-3)8-6-17/h4-10,12,14H,11,13H2,1-3H3,(H,24,26)/t14-/m1/s1. The van der Waals surface area contributed by atoms with Crippen LogP contribution in [-0.4, -0.2) is 29.6 Å². The Morgan fingerprint density at radius 1 is 1.21 bits per heavy atom. The van der Waals surface area contributed by atoms with Gasteiger partial charge in [0, 0.05) is 11.3 Å². The predicted molar refractivity (Wildman–Crippen MR) is 108 cm³/mol. The molecule has 0 saturated heterocycles. The van der Waals surface area contributed by atoms with Crippen LogP contribution in [0.15, 0.2) is 48.7 Å². The Hall–Kier alpha value is -3.48. The van der Waals surface area contributed by atoms with Crippen LogP contribution in [0.2, 0.25) is 0 Å². The number of carbonyl (C=O) groups excluding carboxylic acids is 1. The molecule has 29 heavy (non-hydrogen) atoms. The largest absolute Gasteiger partial charge is 0.497 e. The Morgan fingerprint density at radius 3 is 2.72 bits per heavy atom. The summed E-state index contributed by atoms with van der Waals surface area (Å²) in [5.41, 5.74) is 3.77. The molecular weight excluding hydrogens is 370 g/mol. The molecule has 7 nitrogen and oxygen atoms in total. The molecule has 2 heterocycles. The zero-order chi connectivity index (χ0) is 20.4. The van der Waals surface area contributed by atoms with Gasteiger partial charge >= 0.3 is 0 Å². The maximum Gasteiger partial charge on any atom is 0.231 e. The second-order valence-corrected chi connectivity index (χ2v) is 6.95. The van der Waals surface area contributed by atoms with Gasteiger partial charge in [0.25, 0.3) is 0 Å². The van der Waals surface area contributed by atoms with E-state index in [9.17, 15) is 4.79 Å². The quantitative estimate of drug-likeness (QED) is 0.695. The first-order valence-electron chi connectivity index (χ1n) is 9.42. The van der Waals surface area contributed by atoms with Gasteiger partial charge in [0.15, 0.2) is 11.5 Å². The number of nitrogens with zero attached hydrogens (tertiary/aromatic N) is 2. The highest BCUT2D eigenvalue weighted by molar-refractivity contribution is 5.79. The molecule has 0 bridgehead atoms. The maximum absolute atomic E-state index is 12.5. The Bertz CT molecular complexity index is 1030. The van der Waals surface area contributed by atoms with Crippen molar-refractivity contribution >= 4 is 5.91 Å². The molecule has 0 unspecified atom stereocenters. The van der Waals surface area contributed by atoms with Crippen molar-refractivity contribution in [2.45, 2.75) is 26.3 Å². The van der Waals surface area contributed by atoms with Gasteiger partial charge in [-0.05, 0) is 55.8 Å². The molecule has 1 amide bonds. The van der Waals surface area contributed by atoms with E-state index in [2.05, 4.69) is 10.4 Å². The van der Waals surface area contributed by atoms with Gasteiger partial charge in [-0.2, -0.15) is 5.10 Å². The van der Waals surface area contributed by atoms with E-state index in [1.165, 1.54) is 0 Å². The zero-order valence-electron chi connectivity index (χ0n) is 16.6. The van der Waals surface area contributed by atoms with E-state index in [-0.39, 0.29) is 25.2 Å². The summed E-state index contributed by atoms with van der Waals surface area (Å²) in [4.78, 5) is 12.5. The fourth-order valence-corrected chi connectivity index (χ4v) is 3.44. The molecule has 150 valence electrons. The minimum absolute atomic E-state index is 0.0621. The summed E-state index contributed by atoms with van der Waals surface area (Å²) >= 11 is 0. The van der Waals surface area contributed by atoms with Gasteiger partial charge in [-0.3, -0.25) is 4.79 Å². The van der Waals surface area contributed by atoms with Crippen LogP contribution < -0.4 is 19.5 Å². The Balaban J connectivity index is 1.43. The molecule has 1 atom stereocenters. The number of fused-ring (bicyclic) bond motifs is 1. The molecule has 0 spiro atoms. The second kappa shape index (κ2) is 7.87. The van der Waals surface area contributed by atoms with Crippen LogP contribution >= 0.6 is 0 Å². The molecule has 4 rings (SSSR count). The average molecular weight is 393 g/mol. The third-order valence-corrected chi connectivity index (χ3v) is 5.01. The van der Waals surface area contributed by atoms with Crippen molar-refractivity contribution in [1.29, 1.82) is 0 Å². The van der Waals surface area contributed by atoms with Gasteiger partial charge in [0.1, 0.15) is 5.75 Å². The molecule has 2 aromatic carbocycles. The number of aromatic nitrogens is 2. The van der Waals surface area contributed by atoms with Gasteiger partial charge < -0.3 is 19.5 Å². The van der Waals surface area contributed by atoms with Crippen molar-refractivity contribution in [2.24, 2.45) is 0 Å². The lowest BCUT2D eigenvalue weighted by molar-refractivity contribution is -0.121. The third-order valence-electron chi connectivity index (χ3n) is 5.01. The van der Waals surface area contributed by atoms with Crippen LogP contribution in [-0.2, 0) is 11.2 Å². The predicted octanol–water partition coefficient (Wildman–Crippen LogP) is 3.34. The Labute approximate surface area is 169 Å². The van der Waals surface area contributed by atoms with Gasteiger partial charge in [-0.15, -0.1) is 0 Å². The number of rotatable bonds is 6. The van der Waals surface area contributed by atoms with Crippen LogP contribution in [0.25, 0.3) is 5.69 Å². The molecule has 0 saturated carbocycles. The smallest absolute Gasteiger partial charge is 0.231 e.